The molecule has 1 amide bonds. The molecule has 0 unspecified atom stereocenters. The van der Waals surface area contributed by atoms with Crippen molar-refractivity contribution in [3.8, 4) is 11.3 Å². The summed E-state index contributed by atoms with van der Waals surface area (Å²) in [4.78, 5) is 27.2. The number of carbonyl (C=O) groups is 1. The fraction of sp³-hybridized carbons (Fsp3) is 0.500. The van der Waals surface area contributed by atoms with Crippen molar-refractivity contribution in [2.24, 2.45) is 5.92 Å². The minimum Gasteiger partial charge on any atom is -0.354 e. The van der Waals surface area contributed by atoms with Crippen LogP contribution < -0.4 is 10.9 Å². The van der Waals surface area contributed by atoms with Crippen LogP contribution in [0.4, 0.5) is 0 Å². The Bertz CT molecular complexity index is 862. The van der Waals surface area contributed by atoms with Gasteiger partial charge in [-0.2, -0.15) is 5.10 Å². The zero-order valence-electron chi connectivity index (χ0n) is 16.2. The molecule has 0 spiro atoms. The van der Waals surface area contributed by atoms with E-state index in [0.29, 0.717) is 24.2 Å². The number of aromatic nitrogens is 2. The number of fused-ring (bicyclic) bond motifs is 1. The van der Waals surface area contributed by atoms with Crippen LogP contribution in [0.25, 0.3) is 11.3 Å². The summed E-state index contributed by atoms with van der Waals surface area (Å²) < 4.78 is 1.26. The van der Waals surface area contributed by atoms with E-state index in [1.165, 1.54) is 55.9 Å². The third kappa shape index (κ3) is 4.33. The lowest BCUT2D eigenvalue weighted by atomic mass is 9.83. The normalized spacial score (nSPS) is 22.4. The van der Waals surface area contributed by atoms with E-state index < -0.39 is 0 Å². The molecule has 6 heteroatoms. The largest absolute Gasteiger partial charge is 0.354 e. The number of rotatable bonds is 5. The van der Waals surface area contributed by atoms with Crippen molar-refractivity contribution in [1.29, 1.82) is 0 Å². The molecule has 2 aromatic rings. The van der Waals surface area contributed by atoms with Crippen molar-refractivity contribution in [2.75, 3.05) is 19.6 Å². The molecule has 2 atom stereocenters. The SMILES string of the molecule is O=C(Cn1nc(-c2ccccc2)ccc1=O)NC[C@H]1CCCN2CCCC[C@H]12. The molecule has 0 bridgehead atoms. The van der Waals surface area contributed by atoms with Gasteiger partial charge < -0.3 is 10.2 Å². The van der Waals surface area contributed by atoms with Gasteiger partial charge >= 0.3 is 0 Å². The van der Waals surface area contributed by atoms with Gasteiger partial charge in [0.2, 0.25) is 5.91 Å². The molecular weight excluding hydrogens is 352 g/mol. The molecular formula is C22H28N4O2. The van der Waals surface area contributed by atoms with Gasteiger partial charge in [-0.3, -0.25) is 9.59 Å². The molecule has 4 rings (SSSR count). The monoisotopic (exact) mass is 380 g/mol. The molecule has 148 valence electrons. The lowest BCUT2D eigenvalue weighted by Crippen LogP contribution is -2.51. The van der Waals surface area contributed by atoms with Gasteiger partial charge in [-0.25, -0.2) is 4.68 Å². The number of amides is 1. The first-order valence-electron chi connectivity index (χ1n) is 10.3. The summed E-state index contributed by atoms with van der Waals surface area (Å²) in [5, 5.41) is 7.43. The zero-order chi connectivity index (χ0) is 19.3. The molecule has 1 N–H and O–H groups in total. The van der Waals surface area contributed by atoms with E-state index in [-0.39, 0.29) is 18.0 Å². The van der Waals surface area contributed by atoms with Crippen molar-refractivity contribution in [2.45, 2.75) is 44.7 Å². The van der Waals surface area contributed by atoms with E-state index in [1.807, 2.05) is 30.3 Å². The molecule has 1 aromatic carbocycles. The maximum atomic E-state index is 12.5. The van der Waals surface area contributed by atoms with Crippen LogP contribution in [0.2, 0.25) is 0 Å². The maximum Gasteiger partial charge on any atom is 0.267 e. The number of nitrogens with zero attached hydrogens (tertiary/aromatic N) is 3. The third-order valence-electron chi connectivity index (χ3n) is 6.02. The zero-order valence-corrected chi connectivity index (χ0v) is 16.2. The molecule has 28 heavy (non-hydrogen) atoms. The molecule has 0 radical (unpaired) electrons. The Kier molecular flexibility index (Phi) is 5.86. The fourth-order valence-corrected chi connectivity index (χ4v) is 4.58. The second-order valence-electron chi connectivity index (χ2n) is 7.89. The summed E-state index contributed by atoms with van der Waals surface area (Å²) in [5.74, 6) is 0.367. The van der Waals surface area contributed by atoms with Gasteiger partial charge in [0.05, 0.1) is 5.69 Å². The van der Waals surface area contributed by atoms with Gasteiger partial charge in [0.15, 0.2) is 0 Å². The Morgan fingerprint density at radius 2 is 1.86 bits per heavy atom. The van der Waals surface area contributed by atoms with Gasteiger partial charge in [0.1, 0.15) is 6.54 Å². The summed E-state index contributed by atoms with van der Waals surface area (Å²) in [6, 6.07) is 13.5. The quantitative estimate of drug-likeness (QED) is 0.864. The number of hydrogen-bond donors (Lipinski definition) is 1. The molecule has 1 aromatic heterocycles. The first-order valence-corrected chi connectivity index (χ1v) is 10.3. The van der Waals surface area contributed by atoms with Crippen molar-refractivity contribution in [3.63, 3.8) is 0 Å². The van der Waals surface area contributed by atoms with Gasteiger partial charge in [0.25, 0.3) is 5.56 Å². The summed E-state index contributed by atoms with van der Waals surface area (Å²) >= 11 is 0. The average Bonchev–Trinajstić information content (AvgIpc) is 2.74. The Balaban J connectivity index is 1.38. The van der Waals surface area contributed by atoms with Crippen LogP contribution in [-0.4, -0.2) is 46.3 Å². The highest BCUT2D eigenvalue weighted by atomic mass is 16.2. The fourth-order valence-electron chi connectivity index (χ4n) is 4.58. The van der Waals surface area contributed by atoms with Gasteiger partial charge in [-0.05, 0) is 50.8 Å². The Labute approximate surface area is 165 Å². The van der Waals surface area contributed by atoms with Crippen LogP contribution in [0.1, 0.15) is 32.1 Å². The van der Waals surface area contributed by atoms with E-state index in [4.69, 9.17) is 0 Å². The molecule has 0 saturated carbocycles. The summed E-state index contributed by atoms with van der Waals surface area (Å²) in [7, 11) is 0. The predicted octanol–water partition coefficient (Wildman–Crippen LogP) is 2.29. The Morgan fingerprint density at radius 3 is 2.71 bits per heavy atom. The van der Waals surface area contributed by atoms with E-state index in [9.17, 15) is 9.59 Å². The highest BCUT2D eigenvalue weighted by molar-refractivity contribution is 5.75. The number of nitrogens with one attached hydrogen (secondary N) is 1. The first-order chi connectivity index (χ1) is 13.7. The third-order valence-corrected chi connectivity index (χ3v) is 6.02. The smallest absolute Gasteiger partial charge is 0.267 e. The summed E-state index contributed by atoms with van der Waals surface area (Å²) in [5.41, 5.74) is 1.36. The predicted molar refractivity (Wildman–Crippen MR) is 109 cm³/mol. The van der Waals surface area contributed by atoms with E-state index >= 15 is 0 Å². The van der Waals surface area contributed by atoms with Crippen LogP contribution >= 0.6 is 0 Å². The van der Waals surface area contributed by atoms with Crippen molar-refractivity contribution < 1.29 is 4.79 Å². The van der Waals surface area contributed by atoms with Crippen LogP contribution in [0.15, 0.2) is 47.3 Å². The molecule has 0 aliphatic carbocycles. The summed E-state index contributed by atoms with van der Waals surface area (Å²) in [6.07, 6.45) is 6.19. The minimum absolute atomic E-state index is 0.0411. The Hall–Kier alpha value is -2.47. The van der Waals surface area contributed by atoms with Gasteiger partial charge in [-0.1, -0.05) is 36.8 Å². The van der Waals surface area contributed by atoms with Crippen molar-refractivity contribution >= 4 is 5.91 Å². The molecule has 3 heterocycles. The second-order valence-corrected chi connectivity index (χ2v) is 7.89. The number of benzene rings is 1. The van der Waals surface area contributed by atoms with Crippen LogP contribution in [-0.2, 0) is 11.3 Å². The molecule has 6 nitrogen and oxygen atoms in total. The van der Waals surface area contributed by atoms with E-state index in [0.717, 1.165) is 5.56 Å². The standard InChI is InChI=1S/C22H28N4O2/c27-21(23-15-18-9-6-14-25-13-5-4-10-20(18)25)16-26-22(28)12-11-19(24-26)17-7-2-1-3-8-17/h1-3,7-8,11-12,18,20H,4-6,9-10,13-16H2,(H,23,27)/t18-,20-/m1/s1. The average molecular weight is 380 g/mol. The number of carbonyl (C=O) groups excluding carboxylic acids is 1. The van der Waals surface area contributed by atoms with Crippen molar-refractivity contribution in [3.05, 3.63) is 52.8 Å². The lowest BCUT2D eigenvalue weighted by molar-refractivity contribution is -0.122. The van der Waals surface area contributed by atoms with Crippen LogP contribution in [0.3, 0.4) is 0 Å². The van der Waals surface area contributed by atoms with E-state index in [1.54, 1.807) is 6.07 Å². The van der Waals surface area contributed by atoms with Gasteiger partial charge in [0, 0.05) is 24.2 Å². The number of piperidine rings is 2. The van der Waals surface area contributed by atoms with E-state index in [2.05, 4.69) is 15.3 Å². The molecule has 2 aliphatic heterocycles. The van der Waals surface area contributed by atoms with Crippen molar-refractivity contribution in [1.82, 2.24) is 20.0 Å². The molecule has 2 aliphatic rings. The molecule has 2 saturated heterocycles. The highest BCUT2D eigenvalue weighted by Crippen LogP contribution is 2.30. The first kappa shape index (κ1) is 18.9. The molecule has 2 fully saturated rings. The van der Waals surface area contributed by atoms with Crippen LogP contribution in [0.5, 0.6) is 0 Å². The second kappa shape index (κ2) is 8.69. The number of hydrogen-bond acceptors (Lipinski definition) is 4. The maximum absolute atomic E-state index is 12.5. The Morgan fingerprint density at radius 1 is 1.04 bits per heavy atom. The minimum atomic E-state index is -0.258. The lowest BCUT2D eigenvalue weighted by Gasteiger charge is -2.44. The summed E-state index contributed by atoms with van der Waals surface area (Å²) in [6.45, 7) is 3.04. The van der Waals surface area contributed by atoms with Crippen LogP contribution in [0, 0.1) is 5.92 Å². The van der Waals surface area contributed by atoms with Gasteiger partial charge in [-0.15, -0.1) is 0 Å². The highest BCUT2D eigenvalue weighted by Gasteiger charge is 2.32. The topological polar surface area (TPSA) is 67.2 Å².